The Morgan fingerprint density at radius 1 is 1.23 bits per heavy atom. The molecule has 5 heteroatoms. The molecule has 2 aromatic carbocycles. The fourth-order valence-electron chi connectivity index (χ4n) is 2.11. The zero-order valence-corrected chi connectivity index (χ0v) is 12.9. The molecule has 0 radical (unpaired) electrons. The van der Waals surface area contributed by atoms with Crippen LogP contribution in [-0.4, -0.2) is 25.1 Å². The Morgan fingerprint density at radius 3 is 2.55 bits per heavy atom. The summed E-state index contributed by atoms with van der Waals surface area (Å²) in [6, 6.07) is 11.2. The number of carbonyl (C=O) groups excluding carboxylic acids is 1. The molecule has 116 valence electrons. The van der Waals surface area contributed by atoms with E-state index in [1.807, 2.05) is 25.1 Å². The van der Waals surface area contributed by atoms with Crippen LogP contribution in [0.2, 0.25) is 0 Å². The molecule has 2 amide bonds. The fraction of sp³-hybridized carbons (Fsp3) is 0.235. The lowest BCUT2D eigenvalue weighted by molar-refractivity contribution is 0.220. The van der Waals surface area contributed by atoms with Crippen molar-refractivity contribution in [2.75, 3.05) is 19.5 Å². The molecule has 4 nitrogen and oxygen atoms in total. The number of ether oxygens (including phenoxy) is 1. The normalized spacial score (nSPS) is 10.2. The Kier molecular flexibility index (Phi) is 4.99. The lowest BCUT2D eigenvalue weighted by atomic mass is 10.1. The minimum Gasteiger partial charge on any atom is -0.496 e. The lowest BCUT2D eigenvalue weighted by Gasteiger charge is -2.20. The fourth-order valence-corrected chi connectivity index (χ4v) is 2.11. The van der Waals surface area contributed by atoms with Crippen LogP contribution in [0.25, 0.3) is 0 Å². The van der Waals surface area contributed by atoms with Crippen LogP contribution in [0.4, 0.5) is 14.9 Å². The van der Waals surface area contributed by atoms with Crippen LogP contribution in [0.1, 0.15) is 11.1 Å². The summed E-state index contributed by atoms with van der Waals surface area (Å²) in [5.41, 5.74) is 2.58. The van der Waals surface area contributed by atoms with E-state index in [-0.39, 0.29) is 11.8 Å². The number of aryl methyl sites for hydroxylation is 1. The van der Waals surface area contributed by atoms with E-state index in [1.54, 1.807) is 19.1 Å². The minimum atomic E-state index is -0.337. The molecule has 22 heavy (non-hydrogen) atoms. The summed E-state index contributed by atoms with van der Waals surface area (Å²) in [5.74, 6) is 0.405. The zero-order chi connectivity index (χ0) is 16.1. The molecule has 2 aromatic rings. The van der Waals surface area contributed by atoms with Crippen LogP contribution in [0.5, 0.6) is 5.75 Å². The first-order chi connectivity index (χ1) is 10.5. The number of benzene rings is 2. The van der Waals surface area contributed by atoms with Crippen LogP contribution in [0, 0.1) is 12.7 Å². The number of anilines is 1. The van der Waals surface area contributed by atoms with E-state index in [0.717, 1.165) is 16.9 Å². The minimum absolute atomic E-state index is 0.268. The third-order valence-corrected chi connectivity index (χ3v) is 3.29. The number of halogens is 1. The van der Waals surface area contributed by atoms with Gasteiger partial charge in [-0.3, -0.25) is 0 Å². The predicted molar refractivity (Wildman–Crippen MR) is 84.6 cm³/mol. The van der Waals surface area contributed by atoms with Crippen LogP contribution in [0.3, 0.4) is 0 Å². The van der Waals surface area contributed by atoms with Gasteiger partial charge in [0, 0.05) is 18.3 Å². The van der Waals surface area contributed by atoms with E-state index < -0.39 is 0 Å². The highest BCUT2D eigenvalue weighted by atomic mass is 19.1. The van der Waals surface area contributed by atoms with Gasteiger partial charge in [-0.2, -0.15) is 0 Å². The Bertz CT molecular complexity index is 656. The molecule has 0 heterocycles. The second-order valence-corrected chi connectivity index (χ2v) is 5.11. The lowest BCUT2D eigenvalue weighted by Crippen LogP contribution is -2.31. The van der Waals surface area contributed by atoms with Gasteiger partial charge in [0.05, 0.1) is 13.7 Å². The van der Waals surface area contributed by atoms with Crippen molar-refractivity contribution in [3.8, 4) is 5.75 Å². The first kappa shape index (κ1) is 15.8. The first-order valence-corrected chi connectivity index (χ1v) is 6.91. The largest absolute Gasteiger partial charge is 0.496 e. The number of carbonyl (C=O) groups is 1. The Morgan fingerprint density at radius 2 is 1.91 bits per heavy atom. The predicted octanol–water partition coefficient (Wildman–Crippen LogP) is 3.81. The summed E-state index contributed by atoms with van der Waals surface area (Å²) in [5, 5.41) is 2.72. The van der Waals surface area contributed by atoms with Gasteiger partial charge in [0.25, 0.3) is 0 Å². The van der Waals surface area contributed by atoms with Gasteiger partial charge in [-0.15, -0.1) is 0 Å². The van der Waals surface area contributed by atoms with Gasteiger partial charge in [-0.1, -0.05) is 17.7 Å². The Labute approximate surface area is 129 Å². The van der Waals surface area contributed by atoms with Crippen molar-refractivity contribution in [1.29, 1.82) is 0 Å². The quantitative estimate of drug-likeness (QED) is 0.933. The number of amides is 2. The second-order valence-electron chi connectivity index (χ2n) is 5.11. The molecule has 0 atom stereocenters. The van der Waals surface area contributed by atoms with Crippen molar-refractivity contribution >= 4 is 11.7 Å². The average molecular weight is 302 g/mol. The molecule has 0 fully saturated rings. The maximum atomic E-state index is 12.9. The Balaban J connectivity index is 2.05. The van der Waals surface area contributed by atoms with Crippen molar-refractivity contribution in [1.82, 2.24) is 4.90 Å². The van der Waals surface area contributed by atoms with E-state index in [0.29, 0.717) is 12.2 Å². The number of urea groups is 1. The summed E-state index contributed by atoms with van der Waals surface area (Å²) in [6.45, 7) is 2.40. The number of hydrogen-bond acceptors (Lipinski definition) is 2. The van der Waals surface area contributed by atoms with Gasteiger partial charge in [0.2, 0.25) is 0 Å². The average Bonchev–Trinajstić information content (AvgIpc) is 2.49. The number of rotatable bonds is 4. The van der Waals surface area contributed by atoms with Crippen molar-refractivity contribution < 1.29 is 13.9 Å². The van der Waals surface area contributed by atoms with Crippen molar-refractivity contribution in [2.24, 2.45) is 0 Å². The van der Waals surface area contributed by atoms with Gasteiger partial charge >= 0.3 is 6.03 Å². The van der Waals surface area contributed by atoms with E-state index in [2.05, 4.69) is 5.32 Å². The summed E-state index contributed by atoms with van der Waals surface area (Å²) in [7, 11) is 3.30. The molecule has 1 N–H and O–H groups in total. The summed E-state index contributed by atoms with van der Waals surface area (Å²) >= 11 is 0. The molecule has 0 unspecified atom stereocenters. The highest BCUT2D eigenvalue weighted by Crippen LogP contribution is 2.21. The molecule has 0 aromatic heterocycles. The van der Waals surface area contributed by atoms with Crippen LogP contribution in [-0.2, 0) is 6.54 Å². The van der Waals surface area contributed by atoms with Gasteiger partial charge < -0.3 is 15.0 Å². The number of nitrogens with one attached hydrogen (secondary N) is 1. The standard InChI is InChI=1S/C17H19FN2O2/c1-12-4-9-16(22-3)13(10-12)11-20(2)17(21)19-15-7-5-14(18)6-8-15/h4-10H,11H2,1-3H3,(H,19,21). The van der Waals surface area contributed by atoms with Crippen LogP contribution in [0.15, 0.2) is 42.5 Å². The molecule has 0 saturated carbocycles. The van der Waals surface area contributed by atoms with Crippen molar-refractivity contribution in [3.05, 3.63) is 59.4 Å². The Hall–Kier alpha value is -2.56. The molecule has 0 spiro atoms. The molecule has 0 aliphatic carbocycles. The molecule has 0 saturated heterocycles. The number of nitrogens with zero attached hydrogens (tertiary/aromatic N) is 1. The van der Waals surface area contributed by atoms with Crippen molar-refractivity contribution in [2.45, 2.75) is 13.5 Å². The van der Waals surface area contributed by atoms with Gasteiger partial charge in [0.15, 0.2) is 0 Å². The topological polar surface area (TPSA) is 41.6 Å². The second kappa shape index (κ2) is 6.93. The number of methoxy groups -OCH3 is 1. The van der Waals surface area contributed by atoms with Gasteiger partial charge in [0.1, 0.15) is 11.6 Å². The molecule has 0 aliphatic rings. The first-order valence-electron chi connectivity index (χ1n) is 6.91. The van der Waals surface area contributed by atoms with Crippen LogP contribution < -0.4 is 10.1 Å². The van der Waals surface area contributed by atoms with E-state index in [4.69, 9.17) is 4.74 Å². The summed E-state index contributed by atoms with van der Waals surface area (Å²) in [4.78, 5) is 13.7. The molecule has 0 aliphatic heterocycles. The highest BCUT2D eigenvalue weighted by Gasteiger charge is 2.12. The maximum Gasteiger partial charge on any atom is 0.321 e. The molecule has 0 bridgehead atoms. The monoisotopic (exact) mass is 302 g/mol. The van der Waals surface area contributed by atoms with Gasteiger partial charge in [-0.05, 0) is 37.3 Å². The van der Waals surface area contributed by atoms with E-state index in [9.17, 15) is 9.18 Å². The summed E-state index contributed by atoms with van der Waals surface area (Å²) < 4.78 is 18.2. The van der Waals surface area contributed by atoms with Crippen molar-refractivity contribution in [3.63, 3.8) is 0 Å². The maximum absolute atomic E-state index is 12.9. The van der Waals surface area contributed by atoms with E-state index >= 15 is 0 Å². The van der Waals surface area contributed by atoms with Crippen LogP contribution >= 0.6 is 0 Å². The molecular weight excluding hydrogens is 283 g/mol. The third kappa shape index (κ3) is 3.97. The molecular formula is C17H19FN2O2. The smallest absolute Gasteiger partial charge is 0.321 e. The SMILES string of the molecule is COc1ccc(C)cc1CN(C)C(=O)Nc1ccc(F)cc1. The summed E-state index contributed by atoms with van der Waals surface area (Å²) in [6.07, 6.45) is 0. The number of hydrogen-bond donors (Lipinski definition) is 1. The highest BCUT2D eigenvalue weighted by molar-refractivity contribution is 5.89. The third-order valence-electron chi connectivity index (χ3n) is 3.29. The van der Waals surface area contributed by atoms with E-state index in [1.165, 1.54) is 24.3 Å². The van der Waals surface area contributed by atoms with Gasteiger partial charge in [-0.25, -0.2) is 9.18 Å². The molecule has 2 rings (SSSR count). The zero-order valence-electron chi connectivity index (χ0n) is 12.9.